The molecule has 0 aromatic carbocycles. The normalized spacial score (nSPS) is 11.3. The third kappa shape index (κ3) is 6.15. The first kappa shape index (κ1) is 13.8. The third-order valence-corrected chi connectivity index (χ3v) is 2.22. The van der Waals surface area contributed by atoms with E-state index in [0.29, 0.717) is 5.88 Å². The van der Waals surface area contributed by atoms with Crippen LogP contribution in [0.5, 0.6) is 5.88 Å². The number of aromatic nitrogens is 1. The molecule has 0 saturated carbocycles. The fourth-order valence-corrected chi connectivity index (χ4v) is 1.48. The predicted molar refractivity (Wildman–Crippen MR) is 72.6 cm³/mol. The van der Waals surface area contributed by atoms with Crippen molar-refractivity contribution in [3.05, 3.63) is 18.2 Å². The van der Waals surface area contributed by atoms with Gasteiger partial charge in [-0.15, -0.1) is 0 Å². The van der Waals surface area contributed by atoms with Crippen LogP contribution in [0.15, 0.2) is 18.2 Å². The molecule has 0 amide bonds. The van der Waals surface area contributed by atoms with Crippen LogP contribution in [0.25, 0.3) is 0 Å². The van der Waals surface area contributed by atoms with Gasteiger partial charge in [0.25, 0.3) is 0 Å². The van der Waals surface area contributed by atoms with Crippen molar-refractivity contribution in [2.45, 2.75) is 52.5 Å². The summed E-state index contributed by atoms with van der Waals surface area (Å²) in [5.74, 6) is 1.57. The Morgan fingerprint density at radius 2 is 2.00 bits per heavy atom. The predicted octanol–water partition coefficient (Wildman–Crippen LogP) is 3.86. The number of unbranched alkanes of at least 4 members (excludes halogenated alkanes) is 2. The van der Waals surface area contributed by atoms with E-state index in [1.165, 1.54) is 12.8 Å². The Labute approximate surface area is 105 Å². The lowest BCUT2D eigenvalue weighted by molar-refractivity contribution is 0.295. The van der Waals surface area contributed by atoms with Gasteiger partial charge in [0.2, 0.25) is 5.88 Å². The second kappa shape index (κ2) is 6.48. The number of nitrogens with zero attached hydrogens (tertiary/aromatic N) is 1. The number of hydrogen-bond donors (Lipinski definition) is 1. The van der Waals surface area contributed by atoms with Crippen LogP contribution in [0.1, 0.15) is 47.0 Å². The van der Waals surface area contributed by atoms with Crippen molar-refractivity contribution in [2.24, 2.45) is 0 Å². The maximum atomic E-state index is 5.61. The Morgan fingerprint density at radius 3 is 2.65 bits per heavy atom. The largest absolute Gasteiger partial charge is 0.478 e. The molecular weight excluding hydrogens is 212 g/mol. The molecule has 0 unspecified atom stereocenters. The van der Waals surface area contributed by atoms with Crippen LogP contribution < -0.4 is 10.1 Å². The highest BCUT2D eigenvalue weighted by Gasteiger charge is 2.10. The van der Waals surface area contributed by atoms with Gasteiger partial charge in [0.05, 0.1) is 6.61 Å². The minimum atomic E-state index is 0.0217. The summed E-state index contributed by atoms with van der Waals surface area (Å²) in [6.07, 6.45) is 3.51. The number of ether oxygens (including phenoxy) is 1. The molecule has 0 bridgehead atoms. The van der Waals surface area contributed by atoms with E-state index in [0.717, 1.165) is 18.8 Å². The molecule has 96 valence electrons. The van der Waals surface area contributed by atoms with E-state index in [1.807, 2.05) is 18.2 Å². The highest BCUT2D eigenvalue weighted by Crippen LogP contribution is 2.16. The molecule has 0 aliphatic heterocycles. The Bertz CT molecular complexity index is 331. The third-order valence-electron chi connectivity index (χ3n) is 2.22. The fourth-order valence-electron chi connectivity index (χ4n) is 1.48. The standard InChI is InChI=1S/C14H24N2O/c1-5-6-7-11-17-13-10-8-9-12(15-13)16-14(2,3)4/h8-10H,5-7,11H2,1-4H3,(H,15,16). The SMILES string of the molecule is CCCCCOc1cccc(NC(C)(C)C)n1. The molecule has 0 radical (unpaired) electrons. The van der Waals surface area contributed by atoms with Gasteiger partial charge in [0.1, 0.15) is 5.82 Å². The molecule has 1 heterocycles. The molecule has 0 saturated heterocycles. The van der Waals surface area contributed by atoms with Gasteiger partial charge in [0, 0.05) is 11.6 Å². The summed E-state index contributed by atoms with van der Waals surface area (Å²) in [6, 6.07) is 5.83. The van der Waals surface area contributed by atoms with Gasteiger partial charge in [-0.3, -0.25) is 0 Å². The van der Waals surface area contributed by atoms with Crippen molar-refractivity contribution < 1.29 is 4.74 Å². The van der Waals surface area contributed by atoms with Crippen LogP contribution in [-0.2, 0) is 0 Å². The molecule has 0 fully saturated rings. The van der Waals surface area contributed by atoms with Gasteiger partial charge >= 0.3 is 0 Å². The van der Waals surface area contributed by atoms with E-state index in [2.05, 4.69) is 38.0 Å². The highest BCUT2D eigenvalue weighted by molar-refractivity contribution is 5.39. The molecule has 1 aromatic heterocycles. The zero-order valence-corrected chi connectivity index (χ0v) is 11.4. The second-order valence-corrected chi connectivity index (χ2v) is 5.29. The van der Waals surface area contributed by atoms with Crippen molar-refractivity contribution in [2.75, 3.05) is 11.9 Å². The summed E-state index contributed by atoms with van der Waals surface area (Å²) in [7, 11) is 0. The van der Waals surface area contributed by atoms with Gasteiger partial charge < -0.3 is 10.1 Å². The molecule has 1 rings (SSSR count). The van der Waals surface area contributed by atoms with Crippen LogP contribution in [0, 0.1) is 0 Å². The topological polar surface area (TPSA) is 34.1 Å². The van der Waals surface area contributed by atoms with Gasteiger partial charge in [0.15, 0.2) is 0 Å². The number of rotatable bonds is 6. The molecule has 0 aliphatic carbocycles. The maximum absolute atomic E-state index is 5.61. The summed E-state index contributed by atoms with van der Waals surface area (Å²) < 4.78 is 5.61. The van der Waals surface area contributed by atoms with Gasteiger partial charge in [-0.05, 0) is 33.3 Å². The van der Waals surface area contributed by atoms with E-state index in [4.69, 9.17) is 4.74 Å². The van der Waals surface area contributed by atoms with Crippen LogP contribution in [0.2, 0.25) is 0 Å². The van der Waals surface area contributed by atoms with Crippen LogP contribution in [-0.4, -0.2) is 17.1 Å². The first-order chi connectivity index (χ1) is 8.01. The smallest absolute Gasteiger partial charge is 0.215 e. The first-order valence-corrected chi connectivity index (χ1v) is 6.39. The Kier molecular flexibility index (Phi) is 5.26. The minimum absolute atomic E-state index is 0.0217. The van der Waals surface area contributed by atoms with Crippen molar-refractivity contribution in [3.63, 3.8) is 0 Å². The quantitative estimate of drug-likeness (QED) is 0.761. The Hall–Kier alpha value is -1.25. The van der Waals surface area contributed by atoms with Crippen molar-refractivity contribution in [3.8, 4) is 5.88 Å². The number of anilines is 1. The summed E-state index contributed by atoms with van der Waals surface area (Å²) >= 11 is 0. The summed E-state index contributed by atoms with van der Waals surface area (Å²) in [5.41, 5.74) is 0.0217. The molecule has 17 heavy (non-hydrogen) atoms. The average Bonchev–Trinajstić information content (AvgIpc) is 2.23. The van der Waals surface area contributed by atoms with Gasteiger partial charge in [-0.1, -0.05) is 25.8 Å². The van der Waals surface area contributed by atoms with Crippen molar-refractivity contribution in [1.82, 2.24) is 4.98 Å². The van der Waals surface area contributed by atoms with Gasteiger partial charge in [-0.2, -0.15) is 4.98 Å². The van der Waals surface area contributed by atoms with E-state index in [-0.39, 0.29) is 5.54 Å². The number of nitrogens with one attached hydrogen (secondary N) is 1. The van der Waals surface area contributed by atoms with E-state index in [1.54, 1.807) is 0 Å². The summed E-state index contributed by atoms with van der Waals surface area (Å²) in [6.45, 7) is 9.28. The van der Waals surface area contributed by atoms with Crippen molar-refractivity contribution >= 4 is 5.82 Å². The minimum Gasteiger partial charge on any atom is -0.478 e. The second-order valence-electron chi connectivity index (χ2n) is 5.29. The van der Waals surface area contributed by atoms with Crippen LogP contribution in [0.3, 0.4) is 0 Å². The van der Waals surface area contributed by atoms with Gasteiger partial charge in [-0.25, -0.2) is 0 Å². The molecule has 1 aromatic rings. The fraction of sp³-hybridized carbons (Fsp3) is 0.643. The molecule has 0 spiro atoms. The zero-order valence-electron chi connectivity index (χ0n) is 11.4. The van der Waals surface area contributed by atoms with Crippen LogP contribution >= 0.6 is 0 Å². The first-order valence-electron chi connectivity index (χ1n) is 6.39. The lowest BCUT2D eigenvalue weighted by Gasteiger charge is -2.21. The van der Waals surface area contributed by atoms with Crippen LogP contribution in [0.4, 0.5) is 5.82 Å². The Morgan fingerprint density at radius 1 is 1.24 bits per heavy atom. The molecule has 3 heteroatoms. The zero-order chi connectivity index (χ0) is 12.7. The summed E-state index contributed by atoms with van der Waals surface area (Å²) in [4.78, 5) is 4.42. The maximum Gasteiger partial charge on any atom is 0.215 e. The molecular formula is C14H24N2O. The molecule has 1 N–H and O–H groups in total. The van der Waals surface area contributed by atoms with E-state index < -0.39 is 0 Å². The molecule has 3 nitrogen and oxygen atoms in total. The van der Waals surface area contributed by atoms with E-state index in [9.17, 15) is 0 Å². The molecule has 0 atom stereocenters. The monoisotopic (exact) mass is 236 g/mol. The Balaban J connectivity index is 2.48. The van der Waals surface area contributed by atoms with Crippen molar-refractivity contribution in [1.29, 1.82) is 0 Å². The number of hydrogen-bond acceptors (Lipinski definition) is 3. The van der Waals surface area contributed by atoms with E-state index >= 15 is 0 Å². The highest BCUT2D eigenvalue weighted by atomic mass is 16.5. The number of pyridine rings is 1. The lowest BCUT2D eigenvalue weighted by Crippen LogP contribution is -2.26. The summed E-state index contributed by atoms with van der Waals surface area (Å²) in [5, 5.41) is 3.33. The molecule has 0 aliphatic rings. The lowest BCUT2D eigenvalue weighted by atomic mass is 10.1. The average molecular weight is 236 g/mol.